The Balaban J connectivity index is 2.30. The lowest BCUT2D eigenvalue weighted by molar-refractivity contribution is 0.0798. The summed E-state index contributed by atoms with van der Waals surface area (Å²) < 4.78 is 1.06. The Kier molecular flexibility index (Phi) is 5.29. The summed E-state index contributed by atoms with van der Waals surface area (Å²) in [5, 5.41) is 0.809. The third kappa shape index (κ3) is 3.52. The average molecular weight is 346 g/mol. The Morgan fingerprint density at radius 2 is 2.16 bits per heavy atom. The van der Waals surface area contributed by atoms with Crippen LogP contribution in [0.25, 0.3) is 0 Å². The van der Waals surface area contributed by atoms with Gasteiger partial charge in [-0.3, -0.25) is 4.90 Å². The van der Waals surface area contributed by atoms with Gasteiger partial charge in [-0.1, -0.05) is 34.5 Å². The minimum atomic E-state index is 0.211. The summed E-state index contributed by atoms with van der Waals surface area (Å²) in [5.41, 5.74) is 7.19. The molecule has 1 aliphatic heterocycles. The maximum atomic E-state index is 6.37. The van der Waals surface area contributed by atoms with Gasteiger partial charge < -0.3 is 5.73 Å². The van der Waals surface area contributed by atoms with Crippen LogP contribution in [0.5, 0.6) is 0 Å². The van der Waals surface area contributed by atoms with Crippen molar-refractivity contribution in [3.05, 3.63) is 33.3 Å². The van der Waals surface area contributed by atoms with Gasteiger partial charge in [-0.05, 0) is 49.4 Å². The summed E-state index contributed by atoms with van der Waals surface area (Å²) in [6, 6.07) is 6.80. The van der Waals surface area contributed by atoms with Crippen LogP contribution >= 0.6 is 27.5 Å². The summed E-state index contributed by atoms with van der Waals surface area (Å²) in [6.07, 6.45) is 2.55. The highest BCUT2D eigenvalue weighted by Gasteiger charge is 2.30. The van der Waals surface area contributed by atoms with Crippen molar-refractivity contribution in [1.82, 2.24) is 4.90 Å². The third-order valence-corrected chi connectivity index (χ3v) is 4.94. The van der Waals surface area contributed by atoms with Gasteiger partial charge in [0.2, 0.25) is 0 Å². The zero-order valence-electron chi connectivity index (χ0n) is 11.6. The maximum absolute atomic E-state index is 6.37. The van der Waals surface area contributed by atoms with Crippen LogP contribution in [0, 0.1) is 5.92 Å². The molecule has 106 valence electrons. The van der Waals surface area contributed by atoms with Crippen LogP contribution in [0.2, 0.25) is 5.02 Å². The van der Waals surface area contributed by atoms with E-state index in [1.54, 1.807) is 0 Å². The van der Waals surface area contributed by atoms with Gasteiger partial charge in [-0.15, -0.1) is 0 Å². The van der Waals surface area contributed by atoms with E-state index >= 15 is 0 Å². The lowest BCUT2D eigenvalue weighted by atomic mass is 9.91. The molecule has 0 radical (unpaired) electrons. The minimum Gasteiger partial charge on any atom is -0.329 e. The fourth-order valence-electron chi connectivity index (χ4n) is 2.97. The highest BCUT2D eigenvalue weighted by Crippen LogP contribution is 2.34. The normalized spacial score (nSPS) is 26.4. The molecule has 0 aliphatic carbocycles. The van der Waals surface area contributed by atoms with Crippen molar-refractivity contribution in [1.29, 1.82) is 0 Å². The Bertz CT molecular complexity index is 438. The van der Waals surface area contributed by atoms with Crippen molar-refractivity contribution >= 4 is 27.5 Å². The van der Waals surface area contributed by atoms with Crippen LogP contribution in [-0.4, -0.2) is 24.0 Å². The lowest BCUT2D eigenvalue weighted by Crippen LogP contribution is -2.45. The van der Waals surface area contributed by atoms with Crippen molar-refractivity contribution in [3.63, 3.8) is 0 Å². The van der Waals surface area contributed by atoms with Crippen LogP contribution in [0.4, 0.5) is 0 Å². The number of hydrogen-bond donors (Lipinski definition) is 1. The molecule has 19 heavy (non-hydrogen) atoms. The molecule has 4 heteroatoms. The van der Waals surface area contributed by atoms with E-state index in [1.165, 1.54) is 12.8 Å². The molecule has 3 atom stereocenters. The molecule has 0 aromatic heterocycles. The first-order valence-corrected chi connectivity index (χ1v) is 8.10. The van der Waals surface area contributed by atoms with Crippen LogP contribution in [0.3, 0.4) is 0 Å². The van der Waals surface area contributed by atoms with Crippen LogP contribution < -0.4 is 5.73 Å². The molecule has 1 aromatic carbocycles. The number of halogens is 2. The van der Waals surface area contributed by atoms with Crippen LogP contribution in [0.15, 0.2) is 22.7 Å². The third-order valence-electron chi connectivity index (χ3n) is 4.11. The van der Waals surface area contributed by atoms with E-state index < -0.39 is 0 Å². The Morgan fingerprint density at radius 3 is 2.84 bits per heavy atom. The highest BCUT2D eigenvalue weighted by molar-refractivity contribution is 9.10. The number of benzene rings is 1. The molecule has 0 spiro atoms. The predicted molar refractivity (Wildman–Crippen MR) is 85.5 cm³/mol. The first kappa shape index (κ1) is 15.3. The summed E-state index contributed by atoms with van der Waals surface area (Å²) in [4.78, 5) is 2.52. The molecular formula is C15H22BrClN2. The molecule has 2 N–H and O–H groups in total. The summed E-state index contributed by atoms with van der Waals surface area (Å²) in [7, 11) is 0. The summed E-state index contributed by atoms with van der Waals surface area (Å²) in [5.74, 6) is 0.733. The molecule has 1 aliphatic rings. The van der Waals surface area contributed by atoms with Crippen molar-refractivity contribution in [2.45, 2.75) is 38.8 Å². The lowest BCUT2D eigenvalue weighted by Gasteiger charge is -2.42. The molecule has 1 saturated heterocycles. The largest absolute Gasteiger partial charge is 0.329 e. The average Bonchev–Trinajstić information content (AvgIpc) is 2.38. The van der Waals surface area contributed by atoms with Crippen molar-refractivity contribution in [2.24, 2.45) is 11.7 Å². The van der Waals surface area contributed by atoms with E-state index in [-0.39, 0.29) is 6.04 Å². The number of piperidine rings is 1. The Hall–Kier alpha value is -0.0900. The number of nitrogens with zero attached hydrogens (tertiary/aromatic N) is 1. The van der Waals surface area contributed by atoms with Gasteiger partial charge in [0.1, 0.15) is 0 Å². The van der Waals surface area contributed by atoms with E-state index in [4.69, 9.17) is 17.3 Å². The first-order chi connectivity index (χ1) is 9.02. The molecule has 2 rings (SSSR count). The molecule has 3 unspecified atom stereocenters. The number of likely N-dealkylation sites (tertiary alicyclic amines) is 1. The number of hydrogen-bond acceptors (Lipinski definition) is 2. The minimum absolute atomic E-state index is 0.211. The van der Waals surface area contributed by atoms with Crippen molar-refractivity contribution in [3.8, 4) is 0 Å². The van der Waals surface area contributed by atoms with Crippen LogP contribution in [0.1, 0.15) is 38.3 Å². The van der Waals surface area contributed by atoms with E-state index in [9.17, 15) is 0 Å². The zero-order valence-corrected chi connectivity index (χ0v) is 13.9. The summed E-state index contributed by atoms with van der Waals surface area (Å²) in [6.45, 7) is 6.31. The molecule has 0 amide bonds. The molecule has 1 heterocycles. The van der Waals surface area contributed by atoms with Gasteiger partial charge in [0.05, 0.1) is 0 Å². The standard InChI is InChI=1S/C15H22BrClN2/c1-10-3-4-11(2)19(9-10)15(8-18)13-7-12(16)5-6-14(13)17/h5-7,10-11,15H,3-4,8-9,18H2,1-2H3. The zero-order chi connectivity index (χ0) is 14.0. The summed E-state index contributed by atoms with van der Waals surface area (Å²) >= 11 is 9.90. The van der Waals surface area contributed by atoms with Crippen molar-refractivity contribution < 1.29 is 0 Å². The second-order valence-corrected chi connectivity index (χ2v) is 6.97. The SMILES string of the molecule is CC1CCC(C)N(C(CN)c2cc(Br)ccc2Cl)C1. The fourth-order valence-corrected chi connectivity index (χ4v) is 3.59. The van der Waals surface area contributed by atoms with E-state index in [0.717, 1.165) is 27.5 Å². The second-order valence-electron chi connectivity index (χ2n) is 5.65. The molecule has 2 nitrogen and oxygen atoms in total. The molecule has 0 bridgehead atoms. The highest BCUT2D eigenvalue weighted by atomic mass is 79.9. The van der Waals surface area contributed by atoms with E-state index in [1.807, 2.05) is 12.1 Å². The van der Waals surface area contributed by atoms with E-state index in [0.29, 0.717) is 12.6 Å². The van der Waals surface area contributed by atoms with Gasteiger partial charge >= 0.3 is 0 Å². The van der Waals surface area contributed by atoms with E-state index in [2.05, 4.69) is 40.7 Å². The topological polar surface area (TPSA) is 29.3 Å². The van der Waals surface area contributed by atoms with Gasteiger partial charge in [0.25, 0.3) is 0 Å². The second kappa shape index (κ2) is 6.57. The maximum Gasteiger partial charge on any atom is 0.0488 e. The number of nitrogens with two attached hydrogens (primary N) is 1. The van der Waals surface area contributed by atoms with Gasteiger partial charge in [-0.25, -0.2) is 0 Å². The molecule has 0 saturated carbocycles. The van der Waals surface area contributed by atoms with Gasteiger partial charge in [0, 0.05) is 34.7 Å². The van der Waals surface area contributed by atoms with Crippen LogP contribution in [-0.2, 0) is 0 Å². The molecule has 1 fully saturated rings. The quantitative estimate of drug-likeness (QED) is 0.888. The smallest absolute Gasteiger partial charge is 0.0488 e. The van der Waals surface area contributed by atoms with Gasteiger partial charge in [0.15, 0.2) is 0 Å². The molecule has 1 aromatic rings. The van der Waals surface area contributed by atoms with Gasteiger partial charge in [-0.2, -0.15) is 0 Å². The molecular weight excluding hydrogens is 324 g/mol. The first-order valence-electron chi connectivity index (χ1n) is 6.93. The predicted octanol–water partition coefficient (Wildman–Crippen LogP) is 4.22. The number of rotatable bonds is 3. The Morgan fingerprint density at radius 1 is 1.42 bits per heavy atom. The monoisotopic (exact) mass is 344 g/mol. The fraction of sp³-hybridized carbons (Fsp3) is 0.600. The Labute approximate surface area is 129 Å². The van der Waals surface area contributed by atoms with Crippen molar-refractivity contribution in [2.75, 3.05) is 13.1 Å².